The molecule has 0 spiro atoms. The fourth-order valence-electron chi connectivity index (χ4n) is 6.61. The van der Waals surface area contributed by atoms with Crippen LogP contribution in [0.1, 0.15) is 108 Å². The Morgan fingerprint density at radius 2 is 1.23 bits per heavy atom. The van der Waals surface area contributed by atoms with Gasteiger partial charge in [0.2, 0.25) is 0 Å². The molecule has 4 unspecified atom stereocenters. The quantitative estimate of drug-likeness (QED) is 0.462. The van der Waals surface area contributed by atoms with Gasteiger partial charge in [-0.05, 0) is 96.7 Å². The Balaban J connectivity index is 0.000000190. The Hall–Kier alpha value is 0. The molecule has 0 heterocycles. The van der Waals surface area contributed by atoms with Crippen molar-refractivity contribution in [3.63, 3.8) is 0 Å². The molecule has 154 valence electrons. The number of fused-ring (bicyclic) bond motifs is 2. The van der Waals surface area contributed by atoms with Gasteiger partial charge in [-0.3, -0.25) is 0 Å². The van der Waals surface area contributed by atoms with E-state index in [9.17, 15) is 0 Å². The molecule has 2 bridgehead atoms. The first-order valence-electron chi connectivity index (χ1n) is 11.8. The van der Waals surface area contributed by atoms with Crippen LogP contribution in [0.2, 0.25) is 0 Å². The lowest BCUT2D eigenvalue weighted by Crippen LogP contribution is -2.29. The van der Waals surface area contributed by atoms with Gasteiger partial charge in [-0.25, -0.2) is 0 Å². The van der Waals surface area contributed by atoms with Gasteiger partial charge in [0.1, 0.15) is 0 Å². The average molecular weight is 363 g/mol. The van der Waals surface area contributed by atoms with Gasteiger partial charge in [0, 0.05) is 0 Å². The maximum Gasteiger partial charge on any atom is -0.0334 e. The van der Waals surface area contributed by atoms with Gasteiger partial charge in [0.15, 0.2) is 0 Å². The summed E-state index contributed by atoms with van der Waals surface area (Å²) in [6, 6.07) is 0. The summed E-state index contributed by atoms with van der Waals surface area (Å²) in [5.74, 6) is 8.01. The zero-order valence-electron chi connectivity index (χ0n) is 19.9. The van der Waals surface area contributed by atoms with Crippen molar-refractivity contribution in [1.82, 2.24) is 0 Å². The lowest BCUT2D eigenvalue weighted by molar-refractivity contribution is 0.119. The molecule has 0 aromatic carbocycles. The molecule has 0 N–H and O–H groups in total. The Labute approximate surface area is 166 Å². The molecular weight excluding hydrogens is 312 g/mol. The van der Waals surface area contributed by atoms with Crippen LogP contribution < -0.4 is 0 Å². The molecule has 3 aliphatic rings. The van der Waals surface area contributed by atoms with Crippen molar-refractivity contribution in [3.05, 3.63) is 0 Å². The van der Waals surface area contributed by atoms with E-state index in [1.165, 1.54) is 32.1 Å². The van der Waals surface area contributed by atoms with Crippen LogP contribution in [0.15, 0.2) is 0 Å². The molecule has 3 rings (SSSR count). The minimum absolute atomic E-state index is 0.545. The van der Waals surface area contributed by atoms with Crippen molar-refractivity contribution in [2.45, 2.75) is 108 Å². The second-order valence-electron chi connectivity index (χ2n) is 13.0. The van der Waals surface area contributed by atoms with E-state index in [1.54, 1.807) is 6.42 Å². The summed E-state index contributed by atoms with van der Waals surface area (Å²) >= 11 is 0. The van der Waals surface area contributed by atoms with E-state index in [2.05, 4.69) is 69.2 Å². The molecule has 0 aromatic rings. The summed E-state index contributed by atoms with van der Waals surface area (Å²) in [4.78, 5) is 0. The zero-order valence-corrected chi connectivity index (χ0v) is 19.9. The molecule has 0 heteroatoms. The van der Waals surface area contributed by atoms with Gasteiger partial charge in [-0.15, -0.1) is 0 Å². The van der Waals surface area contributed by atoms with Gasteiger partial charge in [0.05, 0.1) is 0 Å². The summed E-state index contributed by atoms with van der Waals surface area (Å²) in [5, 5.41) is 0. The van der Waals surface area contributed by atoms with E-state index in [-0.39, 0.29) is 0 Å². The van der Waals surface area contributed by atoms with E-state index < -0.39 is 0 Å². The monoisotopic (exact) mass is 362 g/mol. The molecule has 0 aliphatic heterocycles. The summed E-state index contributed by atoms with van der Waals surface area (Å²) in [6.07, 6.45) is 9.01. The van der Waals surface area contributed by atoms with Crippen molar-refractivity contribution in [2.75, 3.05) is 0 Å². The van der Waals surface area contributed by atoms with Crippen molar-refractivity contribution in [1.29, 1.82) is 0 Å². The van der Waals surface area contributed by atoms with Crippen LogP contribution in [0.3, 0.4) is 0 Å². The standard InChI is InChI=1S/C14H26.C12H24/c1-9(2)12-7-11-6-10(12)8-13(11)14(3,4)5;1-9(2)10-6-7-11(8-10)12(3,4)5/h9-13H,6-8H2,1-5H3;9-11H,6-8H2,1-5H3/t10-,11-,12?,13?;/m1./s1. The van der Waals surface area contributed by atoms with Crippen LogP contribution in [0.25, 0.3) is 0 Å². The van der Waals surface area contributed by atoms with Gasteiger partial charge in [-0.1, -0.05) is 69.2 Å². The van der Waals surface area contributed by atoms with Crippen LogP contribution in [-0.2, 0) is 0 Å². The van der Waals surface area contributed by atoms with E-state index in [0.29, 0.717) is 10.8 Å². The third-order valence-corrected chi connectivity index (χ3v) is 8.52. The summed E-state index contributed by atoms with van der Waals surface area (Å²) < 4.78 is 0. The van der Waals surface area contributed by atoms with Crippen LogP contribution in [0.4, 0.5) is 0 Å². The summed E-state index contributed by atoms with van der Waals surface area (Å²) in [5.41, 5.74) is 1.10. The summed E-state index contributed by atoms with van der Waals surface area (Å²) in [7, 11) is 0. The van der Waals surface area contributed by atoms with Gasteiger partial charge >= 0.3 is 0 Å². The first kappa shape index (κ1) is 22.3. The minimum atomic E-state index is 0.545. The molecular formula is C26H50. The number of hydrogen-bond donors (Lipinski definition) is 0. The highest BCUT2D eigenvalue weighted by Crippen LogP contribution is 2.58. The van der Waals surface area contributed by atoms with Crippen molar-refractivity contribution in [2.24, 2.45) is 58.2 Å². The molecule has 0 saturated heterocycles. The second-order valence-corrected chi connectivity index (χ2v) is 13.0. The molecule has 0 aromatic heterocycles. The molecule has 6 atom stereocenters. The van der Waals surface area contributed by atoms with Gasteiger partial charge < -0.3 is 0 Å². The van der Waals surface area contributed by atoms with Gasteiger partial charge in [-0.2, -0.15) is 0 Å². The first-order chi connectivity index (χ1) is 11.8. The van der Waals surface area contributed by atoms with E-state index >= 15 is 0 Å². The van der Waals surface area contributed by atoms with Crippen molar-refractivity contribution < 1.29 is 0 Å². The third-order valence-electron chi connectivity index (χ3n) is 8.52. The highest BCUT2D eigenvalue weighted by Gasteiger charge is 2.49. The first-order valence-corrected chi connectivity index (χ1v) is 11.8. The molecule has 26 heavy (non-hydrogen) atoms. The van der Waals surface area contributed by atoms with Crippen LogP contribution in [-0.4, -0.2) is 0 Å². The number of rotatable bonds is 2. The van der Waals surface area contributed by atoms with Crippen LogP contribution in [0.5, 0.6) is 0 Å². The second kappa shape index (κ2) is 8.16. The normalized spacial score (nSPS) is 37.4. The molecule has 3 fully saturated rings. The smallest absolute Gasteiger partial charge is 0.0334 e. The van der Waals surface area contributed by atoms with E-state index in [1.807, 2.05) is 0 Å². The highest BCUT2D eigenvalue weighted by molar-refractivity contribution is 4.99. The molecule has 3 aliphatic carbocycles. The van der Waals surface area contributed by atoms with Crippen LogP contribution >= 0.6 is 0 Å². The predicted molar refractivity (Wildman–Crippen MR) is 117 cm³/mol. The Morgan fingerprint density at radius 1 is 0.615 bits per heavy atom. The Bertz CT molecular complexity index is 430. The summed E-state index contributed by atoms with van der Waals surface area (Å²) in [6.45, 7) is 24.0. The van der Waals surface area contributed by atoms with E-state index in [4.69, 9.17) is 0 Å². The minimum Gasteiger partial charge on any atom is -0.0625 e. The Kier molecular flexibility index (Phi) is 7.00. The lowest BCUT2D eigenvalue weighted by Gasteiger charge is -2.37. The zero-order chi connectivity index (χ0) is 19.9. The fourth-order valence-corrected chi connectivity index (χ4v) is 6.61. The number of hydrogen-bond acceptors (Lipinski definition) is 0. The maximum absolute atomic E-state index is 2.43. The third kappa shape index (κ3) is 5.29. The van der Waals surface area contributed by atoms with Crippen molar-refractivity contribution in [3.8, 4) is 0 Å². The van der Waals surface area contributed by atoms with E-state index in [0.717, 1.165) is 47.3 Å². The lowest BCUT2D eigenvalue weighted by atomic mass is 9.68. The SMILES string of the molecule is CC(C)C1CCC(C(C)(C)C)C1.CC(C)C1C[C@H]2C[C@@H]1CC2C(C)(C)C. The largest absolute Gasteiger partial charge is 0.0625 e. The molecule has 3 saturated carbocycles. The fraction of sp³-hybridized carbons (Fsp3) is 1.00. The molecule has 0 amide bonds. The Morgan fingerprint density at radius 3 is 1.54 bits per heavy atom. The highest BCUT2D eigenvalue weighted by atomic mass is 14.5. The average Bonchev–Trinajstić information content (AvgIpc) is 3.20. The van der Waals surface area contributed by atoms with Crippen molar-refractivity contribution >= 4 is 0 Å². The molecule has 0 radical (unpaired) electrons. The van der Waals surface area contributed by atoms with Crippen LogP contribution in [0, 0.1) is 58.2 Å². The topological polar surface area (TPSA) is 0 Å². The molecule has 0 nitrogen and oxygen atoms in total. The predicted octanol–water partition coefficient (Wildman–Crippen LogP) is 8.46. The van der Waals surface area contributed by atoms with Gasteiger partial charge in [0.25, 0.3) is 0 Å². The maximum atomic E-state index is 2.43.